The number of rotatable bonds is 3. The molecule has 0 radical (unpaired) electrons. The minimum Gasteiger partial charge on any atom is -0.265 e. The van der Waals surface area contributed by atoms with E-state index in [2.05, 4.69) is 46.4 Å². The van der Waals surface area contributed by atoms with Crippen molar-refractivity contribution in [3.8, 4) is 0 Å². The molecule has 88 valence electrons. The minimum atomic E-state index is 0.658. The quantitative estimate of drug-likeness (QED) is 0.752. The molecule has 1 aliphatic rings. The summed E-state index contributed by atoms with van der Waals surface area (Å²) in [6.45, 7) is 4.71. The zero-order valence-electron chi connectivity index (χ0n) is 10.3. The fourth-order valence-electron chi connectivity index (χ4n) is 1.77. The van der Waals surface area contributed by atoms with Gasteiger partial charge in [-0.25, -0.2) is 0 Å². The van der Waals surface area contributed by atoms with Gasteiger partial charge in [0.15, 0.2) is 0 Å². The van der Waals surface area contributed by atoms with Crippen molar-refractivity contribution < 1.29 is 0 Å². The molecular weight excluding hydrogens is 210 g/mol. The van der Waals surface area contributed by atoms with E-state index in [4.69, 9.17) is 0 Å². The zero-order valence-corrected chi connectivity index (χ0v) is 10.3. The van der Waals surface area contributed by atoms with E-state index in [-0.39, 0.29) is 0 Å². The molecule has 0 saturated carbocycles. The monoisotopic (exact) mass is 227 g/mol. The molecule has 0 saturated heterocycles. The molecule has 3 heteroatoms. The fraction of sp³-hybridized carbons (Fsp3) is 0.357. The Morgan fingerprint density at radius 1 is 1.12 bits per heavy atom. The number of amidine groups is 1. The van der Waals surface area contributed by atoms with Gasteiger partial charge in [0.25, 0.3) is 0 Å². The molecule has 3 nitrogen and oxygen atoms in total. The van der Waals surface area contributed by atoms with E-state index in [1.165, 1.54) is 12.0 Å². The molecule has 1 aliphatic heterocycles. The first-order valence-corrected chi connectivity index (χ1v) is 6.02. The molecule has 17 heavy (non-hydrogen) atoms. The van der Waals surface area contributed by atoms with Gasteiger partial charge in [-0.05, 0) is 25.0 Å². The van der Waals surface area contributed by atoms with Crippen molar-refractivity contribution in [2.75, 3.05) is 6.54 Å². The van der Waals surface area contributed by atoms with Crippen LogP contribution in [-0.2, 0) is 6.42 Å². The van der Waals surface area contributed by atoms with Gasteiger partial charge in [0.2, 0.25) is 0 Å². The molecule has 0 spiro atoms. The van der Waals surface area contributed by atoms with Crippen LogP contribution in [0.25, 0.3) is 5.70 Å². The average molecular weight is 227 g/mol. The standard InChI is InChI=1S/C14H17N3/c1-3-4-12-5-7-13(8-6-12)14-9-10-15-11(2)16-17-14/h5-9H,3-4,10H2,1-2H3. The van der Waals surface area contributed by atoms with Gasteiger partial charge in [0.1, 0.15) is 5.84 Å². The average Bonchev–Trinajstić information content (AvgIpc) is 2.56. The lowest BCUT2D eigenvalue weighted by Gasteiger charge is -2.02. The van der Waals surface area contributed by atoms with Crippen LogP contribution < -0.4 is 0 Å². The molecule has 1 aromatic rings. The summed E-state index contributed by atoms with van der Waals surface area (Å²) in [7, 11) is 0. The number of aliphatic imine (C=N–C) groups is 1. The minimum absolute atomic E-state index is 0.658. The Morgan fingerprint density at radius 3 is 2.59 bits per heavy atom. The number of aryl methyl sites for hydroxylation is 1. The highest BCUT2D eigenvalue weighted by atomic mass is 15.2. The molecule has 0 atom stereocenters. The SMILES string of the molecule is CCCc1ccc(C2=CCN=C(C)N=N2)cc1. The summed E-state index contributed by atoms with van der Waals surface area (Å²) in [6.07, 6.45) is 4.31. The van der Waals surface area contributed by atoms with Crippen molar-refractivity contribution in [2.45, 2.75) is 26.7 Å². The predicted molar refractivity (Wildman–Crippen MR) is 71.2 cm³/mol. The summed E-state index contributed by atoms with van der Waals surface area (Å²) >= 11 is 0. The first kappa shape index (κ1) is 11.7. The normalized spacial score (nSPS) is 15.2. The number of hydrogen-bond acceptors (Lipinski definition) is 3. The Balaban J connectivity index is 2.18. The number of nitrogens with zero attached hydrogens (tertiary/aromatic N) is 3. The van der Waals surface area contributed by atoms with Crippen LogP contribution in [0.15, 0.2) is 45.6 Å². The van der Waals surface area contributed by atoms with Crippen LogP contribution in [-0.4, -0.2) is 12.4 Å². The second-order valence-corrected chi connectivity index (χ2v) is 4.12. The van der Waals surface area contributed by atoms with E-state index in [0.29, 0.717) is 6.54 Å². The Labute approximate surface area is 102 Å². The summed E-state index contributed by atoms with van der Waals surface area (Å²) in [6, 6.07) is 8.54. The van der Waals surface area contributed by atoms with E-state index >= 15 is 0 Å². The first-order chi connectivity index (χ1) is 8.29. The van der Waals surface area contributed by atoms with Crippen molar-refractivity contribution in [3.63, 3.8) is 0 Å². The van der Waals surface area contributed by atoms with Crippen LogP contribution in [0.5, 0.6) is 0 Å². The summed E-state index contributed by atoms with van der Waals surface area (Å²) in [5.74, 6) is 0.735. The maximum absolute atomic E-state index is 4.23. The van der Waals surface area contributed by atoms with Gasteiger partial charge < -0.3 is 0 Å². The van der Waals surface area contributed by atoms with Gasteiger partial charge in [-0.15, -0.1) is 10.2 Å². The van der Waals surface area contributed by atoms with Crippen LogP contribution in [0.3, 0.4) is 0 Å². The molecule has 0 aliphatic carbocycles. The third kappa shape index (κ3) is 3.09. The second-order valence-electron chi connectivity index (χ2n) is 4.12. The Kier molecular flexibility index (Phi) is 3.81. The van der Waals surface area contributed by atoms with Crippen LogP contribution in [0.1, 0.15) is 31.4 Å². The number of azo groups is 1. The van der Waals surface area contributed by atoms with Crippen molar-refractivity contribution in [2.24, 2.45) is 15.2 Å². The summed E-state index contributed by atoms with van der Waals surface area (Å²) in [4.78, 5) is 4.23. The van der Waals surface area contributed by atoms with Crippen LogP contribution in [0, 0.1) is 0 Å². The molecule has 1 aromatic carbocycles. The van der Waals surface area contributed by atoms with Gasteiger partial charge in [0, 0.05) is 5.56 Å². The fourth-order valence-corrected chi connectivity index (χ4v) is 1.77. The third-order valence-corrected chi connectivity index (χ3v) is 2.70. The Morgan fingerprint density at radius 2 is 1.88 bits per heavy atom. The highest BCUT2D eigenvalue weighted by Gasteiger charge is 2.03. The number of benzene rings is 1. The van der Waals surface area contributed by atoms with Crippen LogP contribution in [0.4, 0.5) is 0 Å². The number of hydrogen-bond donors (Lipinski definition) is 0. The van der Waals surface area contributed by atoms with Crippen LogP contribution >= 0.6 is 0 Å². The second kappa shape index (κ2) is 5.53. The molecule has 2 rings (SSSR count). The lowest BCUT2D eigenvalue weighted by molar-refractivity contribution is 0.921. The van der Waals surface area contributed by atoms with Crippen molar-refractivity contribution >= 4 is 11.5 Å². The molecule has 0 unspecified atom stereocenters. The maximum Gasteiger partial charge on any atom is 0.143 e. The lowest BCUT2D eigenvalue weighted by Crippen LogP contribution is -1.86. The Bertz CT molecular complexity index is 467. The van der Waals surface area contributed by atoms with E-state index in [1.54, 1.807) is 0 Å². The molecule has 0 aromatic heterocycles. The first-order valence-electron chi connectivity index (χ1n) is 6.02. The molecule has 1 heterocycles. The maximum atomic E-state index is 4.23. The predicted octanol–water partition coefficient (Wildman–Crippen LogP) is 3.86. The van der Waals surface area contributed by atoms with Crippen molar-refractivity contribution in [1.29, 1.82) is 0 Å². The molecule has 0 bridgehead atoms. The van der Waals surface area contributed by atoms with E-state index in [9.17, 15) is 0 Å². The third-order valence-electron chi connectivity index (χ3n) is 2.70. The van der Waals surface area contributed by atoms with Gasteiger partial charge in [-0.1, -0.05) is 37.6 Å². The highest BCUT2D eigenvalue weighted by molar-refractivity contribution is 5.81. The molecule has 0 fully saturated rings. The van der Waals surface area contributed by atoms with E-state index < -0.39 is 0 Å². The van der Waals surface area contributed by atoms with Gasteiger partial charge in [0.05, 0.1) is 12.2 Å². The smallest absolute Gasteiger partial charge is 0.143 e. The highest BCUT2D eigenvalue weighted by Crippen LogP contribution is 2.19. The topological polar surface area (TPSA) is 37.1 Å². The molecule has 0 amide bonds. The van der Waals surface area contributed by atoms with E-state index in [1.807, 2.05) is 13.0 Å². The summed E-state index contributed by atoms with van der Waals surface area (Å²) in [5.41, 5.74) is 3.39. The molecular formula is C14H17N3. The molecule has 0 N–H and O–H groups in total. The van der Waals surface area contributed by atoms with Gasteiger partial charge in [-0.3, -0.25) is 4.99 Å². The van der Waals surface area contributed by atoms with Crippen molar-refractivity contribution in [1.82, 2.24) is 0 Å². The zero-order chi connectivity index (χ0) is 12.1. The van der Waals surface area contributed by atoms with Crippen molar-refractivity contribution in [3.05, 3.63) is 41.5 Å². The van der Waals surface area contributed by atoms with Crippen LogP contribution in [0.2, 0.25) is 0 Å². The van der Waals surface area contributed by atoms with E-state index in [0.717, 1.165) is 23.5 Å². The Hall–Kier alpha value is -1.77. The largest absolute Gasteiger partial charge is 0.265 e. The lowest BCUT2D eigenvalue weighted by atomic mass is 10.1. The summed E-state index contributed by atoms with van der Waals surface area (Å²) < 4.78 is 0. The van der Waals surface area contributed by atoms with Gasteiger partial charge >= 0.3 is 0 Å². The van der Waals surface area contributed by atoms with Gasteiger partial charge in [-0.2, -0.15) is 0 Å². The summed E-state index contributed by atoms with van der Waals surface area (Å²) in [5, 5.41) is 8.25.